The van der Waals surface area contributed by atoms with Crippen LogP contribution in [0.25, 0.3) is 0 Å². The Morgan fingerprint density at radius 2 is 2.11 bits per heavy atom. The normalized spacial score (nSPS) is 16.6. The number of piperidine rings is 1. The third kappa shape index (κ3) is 3.84. The van der Waals surface area contributed by atoms with Gasteiger partial charge in [-0.25, -0.2) is 9.97 Å². The van der Waals surface area contributed by atoms with Gasteiger partial charge in [-0.3, -0.25) is 0 Å². The van der Waals surface area contributed by atoms with E-state index in [0.717, 1.165) is 24.1 Å². The van der Waals surface area contributed by atoms with E-state index in [1.165, 1.54) is 32.4 Å². The SMILES string of the molecule is CN(C)c1cc(NCCC2CCNCC2)ncn1. The number of nitrogens with zero attached hydrogens (tertiary/aromatic N) is 3. The third-order valence-electron chi connectivity index (χ3n) is 3.43. The summed E-state index contributed by atoms with van der Waals surface area (Å²) in [5.41, 5.74) is 0. The fourth-order valence-electron chi connectivity index (χ4n) is 2.26. The summed E-state index contributed by atoms with van der Waals surface area (Å²) in [6.07, 6.45) is 5.44. The lowest BCUT2D eigenvalue weighted by molar-refractivity contribution is 0.361. The van der Waals surface area contributed by atoms with Crippen LogP contribution in [-0.4, -0.2) is 43.7 Å². The van der Waals surface area contributed by atoms with Gasteiger partial charge in [-0.05, 0) is 38.3 Å². The first-order valence-corrected chi connectivity index (χ1v) is 6.69. The Bertz CT molecular complexity index is 360. The first-order chi connectivity index (χ1) is 8.75. The lowest BCUT2D eigenvalue weighted by Gasteiger charge is -2.22. The van der Waals surface area contributed by atoms with Crippen molar-refractivity contribution in [1.29, 1.82) is 0 Å². The molecule has 1 aliphatic rings. The largest absolute Gasteiger partial charge is 0.370 e. The predicted octanol–water partition coefficient (Wildman–Crippen LogP) is 1.34. The molecule has 0 radical (unpaired) electrons. The zero-order chi connectivity index (χ0) is 12.8. The van der Waals surface area contributed by atoms with Gasteiger partial charge in [0.25, 0.3) is 0 Å². The van der Waals surface area contributed by atoms with Crippen LogP contribution in [0.1, 0.15) is 19.3 Å². The second-order valence-corrected chi connectivity index (χ2v) is 5.06. The Hall–Kier alpha value is -1.36. The van der Waals surface area contributed by atoms with Gasteiger partial charge in [-0.15, -0.1) is 0 Å². The zero-order valence-corrected chi connectivity index (χ0v) is 11.3. The number of hydrogen-bond acceptors (Lipinski definition) is 5. The van der Waals surface area contributed by atoms with E-state index in [1.807, 2.05) is 25.1 Å². The van der Waals surface area contributed by atoms with Crippen LogP contribution in [0, 0.1) is 5.92 Å². The van der Waals surface area contributed by atoms with Gasteiger partial charge in [0.1, 0.15) is 18.0 Å². The molecule has 0 unspecified atom stereocenters. The van der Waals surface area contributed by atoms with Crippen molar-refractivity contribution in [3.8, 4) is 0 Å². The van der Waals surface area contributed by atoms with E-state index in [1.54, 1.807) is 6.33 Å². The molecule has 1 aromatic rings. The van der Waals surface area contributed by atoms with Crippen LogP contribution < -0.4 is 15.5 Å². The van der Waals surface area contributed by atoms with Gasteiger partial charge >= 0.3 is 0 Å². The van der Waals surface area contributed by atoms with Crippen molar-refractivity contribution in [2.45, 2.75) is 19.3 Å². The molecule has 0 spiro atoms. The van der Waals surface area contributed by atoms with Crippen LogP contribution in [0.4, 0.5) is 11.6 Å². The highest BCUT2D eigenvalue weighted by Gasteiger charge is 2.12. The van der Waals surface area contributed by atoms with Gasteiger partial charge in [0.15, 0.2) is 0 Å². The van der Waals surface area contributed by atoms with Gasteiger partial charge in [0.2, 0.25) is 0 Å². The molecule has 0 aliphatic carbocycles. The predicted molar refractivity (Wildman–Crippen MR) is 75.1 cm³/mol. The van der Waals surface area contributed by atoms with E-state index in [4.69, 9.17) is 0 Å². The van der Waals surface area contributed by atoms with Crippen molar-refractivity contribution in [3.05, 3.63) is 12.4 Å². The van der Waals surface area contributed by atoms with Crippen LogP contribution in [-0.2, 0) is 0 Å². The van der Waals surface area contributed by atoms with Gasteiger partial charge in [-0.1, -0.05) is 0 Å². The Morgan fingerprint density at radius 1 is 1.33 bits per heavy atom. The molecule has 0 saturated carbocycles. The maximum absolute atomic E-state index is 4.24. The van der Waals surface area contributed by atoms with E-state index in [0.29, 0.717) is 0 Å². The molecule has 1 aromatic heterocycles. The molecule has 5 heteroatoms. The quantitative estimate of drug-likeness (QED) is 0.825. The summed E-state index contributed by atoms with van der Waals surface area (Å²) in [5, 5.41) is 6.79. The third-order valence-corrected chi connectivity index (χ3v) is 3.43. The lowest BCUT2D eigenvalue weighted by Crippen LogP contribution is -2.28. The molecule has 2 N–H and O–H groups in total. The van der Waals surface area contributed by atoms with Crippen molar-refractivity contribution >= 4 is 11.6 Å². The fraction of sp³-hybridized carbons (Fsp3) is 0.692. The maximum atomic E-state index is 4.24. The molecule has 1 saturated heterocycles. The van der Waals surface area contributed by atoms with Crippen molar-refractivity contribution < 1.29 is 0 Å². The summed E-state index contributed by atoms with van der Waals surface area (Å²) in [7, 11) is 3.97. The Kier molecular flexibility index (Phi) is 4.75. The zero-order valence-electron chi connectivity index (χ0n) is 11.3. The Morgan fingerprint density at radius 3 is 2.83 bits per heavy atom. The summed E-state index contributed by atoms with van der Waals surface area (Å²) < 4.78 is 0. The Labute approximate surface area is 109 Å². The van der Waals surface area contributed by atoms with Crippen LogP contribution in [0.15, 0.2) is 12.4 Å². The van der Waals surface area contributed by atoms with Crippen molar-refractivity contribution in [1.82, 2.24) is 15.3 Å². The first kappa shape index (κ1) is 13.1. The molecule has 18 heavy (non-hydrogen) atoms. The standard InChI is InChI=1S/C13H23N5/c1-18(2)13-9-12(16-10-17-13)15-8-5-11-3-6-14-7-4-11/h9-11,14H,3-8H2,1-2H3,(H,15,16,17). The highest BCUT2D eigenvalue weighted by Crippen LogP contribution is 2.16. The molecule has 0 bridgehead atoms. The summed E-state index contributed by atoms with van der Waals surface area (Å²) in [6, 6.07) is 1.99. The molecule has 1 aliphatic heterocycles. The van der Waals surface area contributed by atoms with Crippen LogP contribution in [0.5, 0.6) is 0 Å². The van der Waals surface area contributed by atoms with E-state index in [-0.39, 0.29) is 0 Å². The van der Waals surface area contributed by atoms with Gasteiger partial charge in [0.05, 0.1) is 0 Å². The molecule has 0 amide bonds. The van der Waals surface area contributed by atoms with Crippen LogP contribution in [0.3, 0.4) is 0 Å². The molecule has 5 nitrogen and oxygen atoms in total. The number of hydrogen-bond donors (Lipinski definition) is 2. The number of anilines is 2. The lowest BCUT2D eigenvalue weighted by atomic mass is 9.95. The minimum absolute atomic E-state index is 0.855. The molecule has 100 valence electrons. The summed E-state index contributed by atoms with van der Waals surface area (Å²) in [5.74, 6) is 2.71. The summed E-state index contributed by atoms with van der Waals surface area (Å²) in [6.45, 7) is 3.33. The first-order valence-electron chi connectivity index (χ1n) is 6.69. The average molecular weight is 249 g/mol. The van der Waals surface area contributed by atoms with Crippen molar-refractivity contribution in [2.75, 3.05) is 43.9 Å². The van der Waals surface area contributed by atoms with E-state index in [9.17, 15) is 0 Å². The van der Waals surface area contributed by atoms with E-state index < -0.39 is 0 Å². The minimum Gasteiger partial charge on any atom is -0.370 e. The number of aromatic nitrogens is 2. The minimum atomic E-state index is 0.855. The number of nitrogens with one attached hydrogen (secondary N) is 2. The molecule has 1 fully saturated rings. The number of rotatable bonds is 5. The molecule has 2 rings (SSSR count). The molecule has 0 atom stereocenters. The van der Waals surface area contributed by atoms with Crippen molar-refractivity contribution in [3.63, 3.8) is 0 Å². The fourth-order valence-corrected chi connectivity index (χ4v) is 2.26. The second kappa shape index (κ2) is 6.54. The maximum Gasteiger partial charge on any atom is 0.133 e. The molecular weight excluding hydrogens is 226 g/mol. The summed E-state index contributed by atoms with van der Waals surface area (Å²) >= 11 is 0. The topological polar surface area (TPSA) is 53.1 Å². The highest BCUT2D eigenvalue weighted by atomic mass is 15.2. The van der Waals surface area contributed by atoms with E-state index >= 15 is 0 Å². The highest BCUT2D eigenvalue weighted by molar-refractivity contribution is 5.47. The monoisotopic (exact) mass is 249 g/mol. The summed E-state index contributed by atoms with van der Waals surface area (Å²) in [4.78, 5) is 10.4. The smallest absolute Gasteiger partial charge is 0.133 e. The van der Waals surface area contributed by atoms with Crippen molar-refractivity contribution in [2.24, 2.45) is 5.92 Å². The average Bonchev–Trinajstić information content (AvgIpc) is 2.40. The van der Waals surface area contributed by atoms with Crippen LogP contribution in [0.2, 0.25) is 0 Å². The van der Waals surface area contributed by atoms with Crippen LogP contribution >= 0.6 is 0 Å². The molecular formula is C13H23N5. The van der Waals surface area contributed by atoms with E-state index in [2.05, 4.69) is 20.6 Å². The molecule has 0 aromatic carbocycles. The van der Waals surface area contributed by atoms with Gasteiger partial charge < -0.3 is 15.5 Å². The molecule has 2 heterocycles. The van der Waals surface area contributed by atoms with Gasteiger partial charge in [-0.2, -0.15) is 0 Å². The second-order valence-electron chi connectivity index (χ2n) is 5.06. The Balaban J connectivity index is 1.77. The van der Waals surface area contributed by atoms with Gasteiger partial charge in [0, 0.05) is 26.7 Å².